The van der Waals surface area contributed by atoms with Crippen LogP contribution in [-0.4, -0.2) is 24.0 Å². The molecule has 1 atom stereocenters. The zero-order valence-electron chi connectivity index (χ0n) is 13.2. The van der Waals surface area contributed by atoms with Crippen molar-refractivity contribution in [1.82, 2.24) is 10.3 Å². The Labute approximate surface area is 130 Å². The van der Waals surface area contributed by atoms with Crippen molar-refractivity contribution >= 4 is 22.7 Å². The van der Waals surface area contributed by atoms with E-state index in [-0.39, 0.29) is 5.91 Å². The number of amides is 1. The Kier molecular flexibility index (Phi) is 4.43. The molecule has 2 aromatic rings. The van der Waals surface area contributed by atoms with E-state index in [1.54, 1.807) is 0 Å². The minimum atomic E-state index is 0.0709. The van der Waals surface area contributed by atoms with Crippen molar-refractivity contribution in [1.29, 1.82) is 0 Å². The molecule has 1 aliphatic rings. The van der Waals surface area contributed by atoms with Gasteiger partial charge in [-0.15, -0.1) is 0 Å². The van der Waals surface area contributed by atoms with Crippen molar-refractivity contribution in [3.05, 3.63) is 24.1 Å². The van der Waals surface area contributed by atoms with E-state index in [1.807, 2.05) is 25.1 Å². The second-order valence-corrected chi connectivity index (χ2v) is 6.23. The summed E-state index contributed by atoms with van der Waals surface area (Å²) in [5.74, 6) is 1.77. The van der Waals surface area contributed by atoms with Gasteiger partial charge in [0.15, 0.2) is 11.5 Å². The fourth-order valence-electron chi connectivity index (χ4n) is 3.20. The van der Waals surface area contributed by atoms with Crippen LogP contribution in [0.15, 0.2) is 22.6 Å². The molecule has 5 nitrogen and oxygen atoms in total. The first-order valence-corrected chi connectivity index (χ1v) is 7.99. The normalized spacial score (nSPS) is 17.5. The number of carbonyl (C=O) groups excluding carboxylic acids is 1. The largest absolute Gasteiger partial charge is 0.441 e. The van der Waals surface area contributed by atoms with Crippen molar-refractivity contribution < 1.29 is 9.21 Å². The molecular formula is C17H23N3O2. The summed E-state index contributed by atoms with van der Waals surface area (Å²) < 4.78 is 5.50. The molecule has 1 fully saturated rings. The van der Waals surface area contributed by atoms with Crippen molar-refractivity contribution in [2.45, 2.75) is 33.1 Å². The highest BCUT2D eigenvalue weighted by atomic mass is 16.3. The highest BCUT2D eigenvalue weighted by Crippen LogP contribution is 2.25. The van der Waals surface area contributed by atoms with Gasteiger partial charge in [0.05, 0.1) is 0 Å². The Hall–Kier alpha value is -1.88. The molecule has 1 amide bonds. The quantitative estimate of drug-likeness (QED) is 0.910. The van der Waals surface area contributed by atoms with Gasteiger partial charge >= 0.3 is 0 Å². The van der Waals surface area contributed by atoms with Gasteiger partial charge in [0.1, 0.15) is 5.52 Å². The third-order valence-corrected chi connectivity index (χ3v) is 4.48. The summed E-state index contributed by atoms with van der Waals surface area (Å²) >= 11 is 0. The summed E-state index contributed by atoms with van der Waals surface area (Å²) in [4.78, 5) is 16.5. The lowest BCUT2D eigenvalue weighted by molar-refractivity contribution is -0.117. The minimum Gasteiger partial charge on any atom is -0.441 e. The van der Waals surface area contributed by atoms with E-state index in [0.29, 0.717) is 29.7 Å². The number of fused-ring (bicyclic) bond motifs is 1. The number of nitrogens with zero attached hydrogens (tertiary/aromatic N) is 1. The summed E-state index contributed by atoms with van der Waals surface area (Å²) in [7, 11) is 0. The van der Waals surface area contributed by atoms with Crippen LogP contribution < -0.4 is 10.6 Å². The van der Waals surface area contributed by atoms with E-state index in [0.717, 1.165) is 37.1 Å². The number of aromatic nitrogens is 1. The number of nitrogens with one attached hydrogen (secondary N) is 2. The molecule has 1 aliphatic heterocycles. The first-order chi connectivity index (χ1) is 10.6. The van der Waals surface area contributed by atoms with Crippen LogP contribution in [0.4, 0.5) is 5.69 Å². The standard InChI is InChI=1S/C17H23N3O2/c1-11(13-5-7-18-8-6-13)9-17(21)20-14-3-4-15-16(10-14)22-12(2)19-15/h3-4,10-11,13,18H,5-9H2,1-2H3,(H,20,21). The second kappa shape index (κ2) is 6.48. The van der Waals surface area contributed by atoms with Crippen LogP contribution in [0.5, 0.6) is 0 Å². The highest BCUT2D eigenvalue weighted by Gasteiger charge is 2.22. The van der Waals surface area contributed by atoms with Gasteiger partial charge in [-0.3, -0.25) is 4.79 Å². The van der Waals surface area contributed by atoms with Gasteiger partial charge in [0.25, 0.3) is 0 Å². The van der Waals surface area contributed by atoms with Crippen LogP contribution in [0.3, 0.4) is 0 Å². The van der Waals surface area contributed by atoms with Crippen LogP contribution in [0.25, 0.3) is 11.1 Å². The molecule has 2 N–H and O–H groups in total. The van der Waals surface area contributed by atoms with Crippen molar-refractivity contribution in [3.63, 3.8) is 0 Å². The van der Waals surface area contributed by atoms with Crippen LogP contribution in [0, 0.1) is 18.8 Å². The fourth-order valence-corrected chi connectivity index (χ4v) is 3.20. The lowest BCUT2D eigenvalue weighted by Gasteiger charge is -2.27. The summed E-state index contributed by atoms with van der Waals surface area (Å²) in [6.07, 6.45) is 2.90. The molecule has 2 heterocycles. The number of piperidine rings is 1. The molecule has 0 saturated carbocycles. The summed E-state index contributed by atoms with van der Waals surface area (Å²) in [5.41, 5.74) is 2.30. The second-order valence-electron chi connectivity index (χ2n) is 6.23. The monoisotopic (exact) mass is 301 g/mol. The van der Waals surface area contributed by atoms with Gasteiger partial charge in [0.2, 0.25) is 5.91 Å². The maximum absolute atomic E-state index is 12.2. The third-order valence-electron chi connectivity index (χ3n) is 4.48. The number of anilines is 1. The Morgan fingerprint density at radius 2 is 2.23 bits per heavy atom. The number of carbonyl (C=O) groups is 1. The number of hydrogen-bond acceptors (Lipinski definition) is 4. The Morgan fingerprint density at radius 1 is 1.45 bits per heavy atom. The van der Waals surface area contributed by atoms with Gasteiger partial charge in [-0.2, -0.15) is 0 Å². The van der Waals surface area contributed by atoms with Crippen LogP contribution in [-0.2, 0) is 4.79 Å². The van der Waals surface area contributed by atoms with Crippen molar-refractivity contribution in [2.24, 2.45) is 11.8 Å². The van der Waals surface area contributed by atoms with E-state index < -0.39 is 0 Å². The topological polar surface area (TPSA) is 67.2 Å². The van der Waals surface area contributed by atoms with Crippen LogP contribution in [0.2, 0.25) is 0 Å². The molecule has 0 spiro atoms. The van der Waals surface area contributed by atoms with Crippen LogP contribution >= 0.6 is 0 Å². The van der Waals surface area contributed by atoms with E-state index in [1.165, 1.54) is 0 Å². The molecule has 0 bridgehead atoms. The fraction of sp³-hybridized carbons (Fsp3) is 0.529. The van der Waals surface area contributed by atoms with E-state index in [2.05, 4.69) is 22.5 Å². The molecule has 22 heavy (non-hydrogen) atoms. The average Bonchev–Trinajstić information content (AvgIpc) is 2.87. The molecular weight excluding hydrogens is 278 g/mol. The highest BCUT2D eigenvalue weighted by molar-refractivity contribution is 5.92. The van der Waals surface area contributed by atoms with E-state index >= 15 is 0 Å². The van der Waals surface area contributed by atoms with Gasteiger partial charge in [-0.25, -0.2) is 4.98 Å². The van der Waals surface area contributed by atoms with Crippen molar-refractivity contribution in [2.75, 3.05) is 18.4 Å². The lowest BCUT2D eigenvalue weighted by atomic mass is 9.84. The number of hydrogen-bond donors (Lipinski definition) is 2. The van der Waals surface area contributed by atoms with Gasteiger partial charge in [-0.05, 0) is 49.9 Å². The summed E-state index contributed by atoms with van der Waals surface area (Å²) in [6, 6.07) is 5.58. The molecule has 5 heteroatoms. The Bertz CT molecular complexity index is 659. The molecule has 1 saturated heterocycles. The molecule has 118 valence electrons. The summed E-state index contributed by atoms with van der Waals surface area (Å²) in [5, 5.41) is 6.34. The molecule has 0 aliphatic carbocycles. The minimum absolute atomic E-state index is 0.0709. The van der Waals surface area contributed by atoms with Crippen molar-refractivity contribution in [3.8, 4) is 0 Å². The number of oxazole rings is 1. The predicted octanol–water partition coefficient (Wildman–Crippen LogP) is 3.10. The average molecular weight is 301 g/mol. The predicted molar refractivity (Wildman–Crippen MR) is 86.8 cm³/mol. The molecule has 1 unspecified atom stereocenters. The third kappa shape index (κ3) is 3.47. The smallest absolute Gasteiger partial charge is 0.224 e. The first-order valence-electron chi connectivity index (χ1n) is 7.99. The van der Waals surface area contributed by atoms with E-state index in [9.17, 15) is 4.79 Å². The maximum Gasteiger partial charge on any atom is 0.224 e. The first kappa shape index (κ1) is 15.0. The number of aryl methyl sites for hydroxylation is 1. The number of benzene rings is 1. The number of rotatable bonds is 4. The zero-order valence-corrected chi connectivity index (χ0v) is 13.2. The van der Waals surface area contributed by atoms with Gasteiger partial charge in [0, 0.05) is 25.1 Å². The molecule has 1 aromatic carbocycles. The Balaban J connectivity index is 1.59. The maximum atomic E-state index is 12.2. The summed E-state index contributed by atoms with van der Waals surface area (Å²) in [6.45, 7) is 6.13. The van der Waals surface area contributed by atoms with Crippen LogP contribution in [0.1, 0.15) is 32.1 Å². The lowest BCUT2D eigenvalue weighted by Crippen LogP contribution is -2.32. The zero-order chi connectivity index (χ0) is 15.5. The Morgan fingerprint density at radius 3 is 3.00 bits per heavy atom. The SMILES string of the molecule is Cc1nc2ccc(NC(=O)CC(C)C3CCNCC3)cc2o1. The molecule has 0 radical (unpaired) electrons. The van der Waals surface area contributed by atoms with E-state index in [4.69, 9.17) is 4.42 Å². The van der Waals surface area contributed by atoms with Gasteiger partial charge in [-0.1, -0.05) is 6.92 Å². The molecule has 1 aromatic heterocycles. The van der Waals surface area contributed by atoms with Gasteiger partial charge < -0.3 is 15.1 Å². The molecule has 3 rings (SSSR count).